The summed E-state index contributed by atoms with van der Waals surface area (Å²) in [5.74, 6) is 0.860. The number of hydrogen-bond donors (Lipinski definition) is 3. The van der Waals surface area contributed by atoms with Gasteiger partial charge in [0.05, 0.1) is 6.10 Å². The molecule has 4 nitrogen and oxygen atoms in total. The second-order valence-corrected chi connectivity index (χ2v) is 3.20. The number of aliphatic hydroxyl groups excluding tert-OH is 1. The highest BCUT2D eigenvalue weighted by Gasteiger charge is 2.14. The summed E-state index contributed by atoms with van der Waals surface area (Å²) < 4.78 is 0. The van der Waals surface area contributed by atoms with Crippen LogP contribution in [-0.2, 0) is 0 Å². The smallest absolute Gasteiger partial charge is 0.450 e. The van der Waals surface area contributed by atoms with Crippen LogP contribution >= 0.6 is 0 Å². The standard InChI is InChI=1S/C7H14O.CH2O3/c1-6-2-4-7(8)5-3-6;2-1(3)4/h6-8H,2-5H2,1H3;(H2,2,3,4). The molecule has 4 heteroatoms. The monoisotopic (exact) mass is 176 g/mol. The third-order valence-corrected chi connectivity index (χ3v) is 1.99. The first-order valence-electron chi connectivity index (χ1n) is 4.12. The third-order valence-electron chi connectivity index (χ3n) is 1.99. The lowest BCUT2D eigenvalue weighted by atomic mass is 9.89. The van der Waals surface area contributed by atoms with E-state index in [0.717, 1.165) is 18.8 Å². The highest BCUT2D eigenvalue weighted by molar-refractivity contribution is 5.53. The minimum absolute atomic E-state index is 0.0196. The molecule has 72 valence electrons. The highest BCUT2D eigenvalue weighted by atomic mass is 16.6. The molecule has 0 atom stereocenters. The maximum absolute atomic E-state index is 9.03. The molecule has 0 radical (unpaired) electrons. The van der Waals surface area contributed by atoms with E-state index in [1.54, 1.807) is 0 Å². The van der Waals surface area contributed by atoms with Crippen molar-refractivity contribution >= 4 is 6.16 Å². The van der Waals surface area contributed by atoms with E-state index in [1.807, 2.05) is 0 Å². The van der Waals surface area contributed by atoms with E-state index >= 15 is 0 Å². The molecule has 0 bridgehead atoms. The molecule has 1 saturated carbocycles. The van der Waals surface area contributed by atoms with Crippen LogP contribution in [0.15, 0.2) is 0 Å². The van der Waals surface area contributed by atoms with Gasteiger partial charge < -0.3 is 15.3 Å². The van der Waals surface area contributed by atoms with E-state index in [-0.39, 0.29) is 6.10 Å². The summed E-state index contributed by atoms with van der Waals surface area (Å²) in [6.07, 6.45) is 2.69. The molecule has 0 aromatic rings. The first kappa shape index (κ1) is 11.2. The fourth-order valence-electron chi connectivity index (χ4n) is 1.24. The molecular formula is C8H16O4. The van der Waals surface area contributed by atoms with Gasteiger partial charge in [-0.05, 0) is 31.6 Å². The SMILES string of the molecule is CC1CCC(O)CC1.O=C(O)O. The highest BCUT2D eigenvalue weighted by Crippen LogP contribution is 2.22. The summed E-state index contributed by atoms with van der Waals surface area (Å²) in [6, 6.07) is 0. The largest absolute Gasteiger partial charge is 0.503 e. The second-order valence-electron chi connectivity index (χ2n) is 3.20. The average molecular weight is 176 g/mol. The normalized spacial score (nSPS) is 28.5. The molecule has 0 amide bonds. The first-order chi connectivity index (χ1) is 5.52. The number of carboxylic acid groups (broad SMARTS) is 2. The Balaban J connectivity index is 0.000000261. The van der Waals surface area contributed by atoms with Crippen molar-refractivity contribution in [1.29, 1.82) is 0 Å². The van der Waals surface area contributed by atoms with E-state index in [9.17, 15) is 0 Å². The Morgan fingerprint density at radius 3 is 1.75 bits per heavy atom. The van der Waals surface area contributed by atoms with Crippen LogP contribution in [0, 0.1) is 5.92 Å². The quantitative estimate of drug-likeness (QED) is 0.525. The van der Waals surface area contributed by atoms with Crippen molar-refractivity contribution < 1.29 is 20.1 Å². The van der Waals surface area contributed by atoms with Crippen molar-refractivity contribution in [2.45, 2.75) is 38.7 Å². The summed E-state index contributed by atoms with van der Waals surface area (Å²) in [5, 5.41) is 23.0. The zero-order chi connectivity index (χ0) is 9.56. The van der Waals surface area contributed by atoms with Gasteiger partial charge in [-0.25, -0.2) is 4.79 Å². The van der Waals surface area contributed by atoms with Gasteiger partial charge in [0.2, 0.25) is 0 Å². The van der Waals surface area contributed by atoms with Gasteiger partial charge in [-0.1, -0.05) is 6.92 Å². The topological polar surface area (TPSA) is 77.8 Å². The summed E-state index contributed by atoms with van der Waals surface area (Å²) in [6.45, 7) is 2.26. The molecule has 0 spiro atoms. The molecule has 0 unspecified atom stereocenters. The maximum Gasteiger partial charge on any atom is 0.503 e. The molecule has 3 N–H and O–H groups in total. The van der Waals surface area contributed by atoms with Crippen LogP contribution < -0.4 is 0 Å². The first-order valence-corrected chi connectivity index (χ1v) is 4.12. The number of rotatable bonds is 0. The van der Waals surface area contributed by atoms with Gasteiger partial charge >= 0.3 is 6.16 Å². The number of aliphatic hydroxyl groups is 1. The van der Waals surface area contributed by atoms with Gasteiger partial charge in [0, 0.05) is 0 Å². The zero-order valence-electron chi connectivity index (χ0n) is 7.23. The Kier molecular flexibility index (Phi) is 5.45. The molecule has 0 aliphatic heterocycles. The number of hydrogen-bond acceptors (Lipinski definition) is 2. The molecule has 1 aliphatic rings. The minimum Gasteiger partial charge on any atom is -0.450 e. The van der Waals surface area contributed by atoms with Crippen LogP contribution in [0.4, 0.5) is 4.79 Å². The number of carbonyl (C=O) groups is 1. The van der Waals surface area contributed by atoms with Crippen molar-refractivity contribution in [1.82, 2.24) is 0 Å². The summed E-state index contributed by atoms with van der Waals surface area (Å²) in [5.41, 5.74) is 0. The van der Waals surface area contributed by atoms with Crippen LogP contribution in [0.1, 0.15) is 32.6 Å². The third kappa shape index (κ3) is 7.34. The molecule has 1 aliphatic carbocycles. The molecule has 0 heterocycles. The second kappa shape index (κ2) is 5.83. The molecule has 0 aromatic heterocycles. The maximum atomic E-state index is 9.03. The molecule has 0 saturated heterocycles. The zero-order valence-corrected chi connectivity index (χ0v) is 7.23. The van der Waals surface area contributed by atoms with E-state index in [1.165, 1.54) is 12.8 Å². The van der Waals surface area contributed by atoms with Crippen molar-refractivity contribution in [3.05, 3.63) is 0 Å². The molecular weight excluding hydrogens is 160 g/mol. The van der Waals surface area contributed by atoms with E-state index in [2.05, 4.69) is 6.92 Å². The lowest BCUT2D eigenvalue weighted by molar-refractivity contribution is 0.112. The van der Waals surface area contributed by atoms with Crippen LogP contribution in [0.3, 0.4) is 0 Å². The van der Waals surface area contributed by atoms with Crippen molar-refractivity contribution in [2.24, 2.45) is 5.92 Å². The summed E-state index contributed by atoms with van der Waals surface area (Å²) in [7, 11) is 0. The Morgan fingerprint density at radius 2 is 1.50 bits per heavy atom. The van der Waals surface area contributed by atoms with Gasteiger partial charge in [-0.15, -0.1) is 0 Å². The average Bonchev–Trinajstić information content (AvgIpc) is 1.94. The fraction of sp³-hybridized carbons (Fsp3) is 0.875. The summed E-state index contributed by atoms with van der Waals surface area (Å²) >= 11 is 0. The van der Waals surface area contributed by atoms with Crippen molar-refractivity contribution in [3.63, 3.8) is 0 Å². The van der Waals surface area contributed by atoms with E-state index in [0.29, 0.717) is 0 Å². The van der Waals surface area contributed by atoms with Crippen LogP contribution in [0.2, 0.25) is 0 Å². The predicted molar refractivity (Wildman–Crippen MR) is 44.3 cm³/mol. The van der Waals surface area contributed by atoms with Crippen molar-refractivity contribution in [2.75, 3.05) is 0 Å². The lowest BCUT2D eigenvalue weighted by Crippen LogP contribution is -2.15. The molecule has 0 aromatic carbocycles. The van der Waals surface area contributed by atoms with Gasteiger partial charge in [0.1, 0.15) is 0 Å². The van der Waals surface area contributed by atoms with Crippen LogP contribution in [0.5, 0.6) is 0 Å². The summed E-state index contributed by atoms with van der Waals surface area (Å²) in [4.78, 5) is 8.56. The Morgan fingerprint density at radius 1 is 1.17 bits per heavy atom. The molecule has 1 fully saturated rings. The van der Waals surface area contributed by atoms with E-state index in [4.69, 9.17) is 20.1 Å². The lowest BCUT2D eigenvalue weighted by Gasteiger charge is -2.21. The Hall–Kier alpha value is -0.770. The minimum atomic E-state index is -1.83. The van der Waals surface area contributed by atoms with Gasteiger partial charge in [0.25, 0.3) is 0 Å². The Labute approximate surface area is 71.8 Å². The predicted octanol–water partition coefficient (Wildman–Crippen LogP) is 1.78. The fourth-order valence-corrected chi connectivity index (χ4v) is 1.24. The molecule has 1 rings (SSSR count). The molecule has 12 heavy (non-hydrogen) atoms. The van der Waals surface area contributed by atoms with E-state index < -0.39 is 6.16 Å². The van der Waals surface area contributed by atoms with Gasteiger partial charge in [0.15, 0.2) is 0 Å². The van der Waals surface area contributed by atoms with Crippen molar-refractivity contribution in [3.8, 4) is 0 Å². The van der Waals surface area contributed by atoms with Crippen LogP contribution in [0.25, 0.3) is 0 Å². The van der Waals surface area contributed by atoms with Crippen LogP contribution in [-0.4, -0.2) is 27.6 Å². The Bertz CT molecular complexity index is 113. The van der Waals surface area contributed by atoms with Gasteiger partial charge in [-0.3, -0.25) is 0 Å². The van der Waals surface area contributed by atoms with Gasteiger partial charge in [-0.2, -0.15) is 0 Å².